The van der Waals surface area contributed by atoms with E-state index >= 15 is 4.39 Å². The molecule has 188 valence electrons. The Labute approximate surface area is 207 Å². The number of para-hydroxylation sites is 1. The molecule has 2 aliphatic heterocycles. The number of fused-ring (bicyclic) bond motifs is 3. The average molecular weight is 480 g/mol. The van der Waals surface area contributed by atoms with Crippen molar-refractivity contribution in [3.05, 3.63) is 65.4 Å². The van der Waals surface area contributed by atoms with Gasteiger partial charge in [-0.1, -0.05) is 43.7 Å². The zero-order valence-electron chi connectivity index (χ0n) is 21.1. The van der Waals surface area contributed by atoms with E-state index < -0.39 is 12.3 Å². The molecule has 0 aliphatic carbocycles. The number of hydrogen-bond donors (Lipinski definition) is 2. The normalized spacial score (nSPS) is 23.1. The van der Waals surface area contributed by atoms with Gasteiger partial charge in [-0.05, 0) is 55.5 Å². The first-order valence-corrected chi connectivity index (χ1v) is 13.0. The first kappa shape index (κ1) is 24.3. The summed E-state index contributed by atoms with van der Waals surface area (Å²) < 4.78 is 21.1. The monoisotopic (exact) mass is 479 g/mol. The number of likely N-dealkylation sites (tertiary alicyclic amines) is 1. The van der Waals surface area contributed by atoms with Crippen LogP contribution in [0.15, 0.2) is 48.5 Å². The molecule has 3 atom stereocenters. The number of aliphatic hydroxyl groups excluding tert-OH is 1. The molecule has 1 saturated heterocycles. The Morgan fingerprint density at radius 1 is 1.14 bits per heavy atom. The largest absolute Gasteiger partial charge is 0.492 e. The quantitative estimate of drug-likeness (QED) is 0.456. The molecule has 1 aromatic heterocycles. The molecule has 6 heteroatoms. The maximum atomic E-state index is 15.1. The van der Waals surface area contributed by atoms with Crippen molar-refractivity contribution in [3.8, 4) is 5.75 Å². The highest BCUT2D eigenvalue weighted by Gasteiger charge is 2.39. The Morgan fingerprint density at radius 2 is 1.89 bits per heavy atom. The molecule has 3 heterocycles. The lowest BCUT2D eigenvalue weighted by Crippen LogP contribution is -2.49. The third-order valence-electron chi connectivity index (χ3n) is 7.84. The molecule has 0 radical (unpaired) electrons. The predicted molar refractivity (Wildman–Crippen MR) is 139 cm³/mol. The van der Waals surface area contributed by atoms with Gasteiger partial charge in [0, 0.05) is 48.8 Å². The Bertz CT molecular complexity index is 1140. The van der Waals surface area contributed by atoms with Crippen molar-refractivity contribution in [2.75, 3.05) is 39.4 Å². The highest BCUT2D eigenvalue weighted by atomic mass is 19.1. The third kappa shape index (κ3) is 4.97. The number of hydrogen-bond acceptors (Lipinski definition) is 4. The molecule has 0 bridgehead atoms. The van der Waals surface area contributed by atoms with Gasteiger partial charge in [0.2, 0.25) is 0 Å². The third-order valence-corrected chi connectivity index (χ3v) is 7.84. The Hall–Kier alpha value is -2.41. The maximum Gasteiger partial charge on any atom is 0.143 e. The van der Waals surface area contributed by atoms with E-state index in [1.54, 1.807) is 0 Å². The van der Waals surface area contributed by atoms with E-state index in [1.165, 1.54) is 37.4 Å². The summed E-state index contributed by atoms with van der Waals surface area (Å²) in [5.41, 5.74) is 2.96. The Morgan fingerprint density at radius 3 is 2.60 bits per heavy atom. The summed E-state index contributed by atoms with van der Waals surface area (Å²) in [6, 6.07) is 16.6. The van der Waals surface area contributed by atoms with Crippen molar-refractivity contribution < 1.29 is 14.2 Å². The number of aliphatic hydroxyl groups is 1. The minimum atomic E-state index is -1.67. The highest BCUT2D eigenvalue weighted by Crippen LogP contribution is 2.42. The van der Waals surface area contributed by atoms with Crippen LogP contribution in [0.5, 0.6) is 5.75 Å². The van der Waals surface area contributed by atoms with E-state index in [0.29, 0.717) is 6.61 Å². The smallest absolute Gasteiger partial charge is 0.143 e. The summed E-state index contributed by atoms with van der Waals surface area (Å²) in [5, 5.41) is 10.9. The van der Waals surface area contributed by atoms with Crippen LogP contribution in [0, 0.1) is 5.92 Å². The summed E-state index contributed by atoms with van der Waals surface area (Å²) in [5.74, 6) is 1.71. The van der Waals surface area contributed by atoms with Crippen LogP contribution >= 0.6 is 0 Å². The Balaban J connectivity index is 1.39. The molecule has 5 rings (SSSR count). The summed E-state index contributed by atoms with van der Waals surface area (Å²) in [4.78, 5) is 8.27. The molecular formula is C29H38FN3O2. The number of aromatic nitrogens is 1. The molecule has 0 amide bonds. The van der Waals surface area contributed by atoms with Crippen molar-refractivity contribution >= 4 is 10.9 Å². The molecule has 0 saturated carbocycles. The number of benzene rings is 2. The minimum Gasteiger partial charge on any atom is -0.492 e. The number of aromatic amines is 1. The van der Waals surface area contributed by atoms with Crippen LogP contribution in [0.2, 0.25) is 0 Å². The van der Waals surface area contributed by atoms with Gasteiger partial charge < -0.3 is 14.8 Å². The van der Waals surface area contributed by atoms with Crippen molar-refractivity contribution in [2.24, 2.45) is 5.92 Å². The van der Waals surface area contributed by atoms with Crippen LogP contribution in [-0.2, 0) is 6.42 Å². The Kier molecular flexibility index (Phi) is 6.88. The second-order valence-corrected chi connectivity index (χ2v) is 10.7. The van der Waals surface area contributed by atoms with Crippen molar-refractivity contribution in [2.45, 2.75) is 51.4 Å². The number of ether oxygens (including phenoxy) is 1. The summed E-state index contributed by atoms with van der Waals surface area (Å²) in [7, 11) is 0. The number of nitrogens with one attached hydrogen (secondary N) is 1. The van der Waals surface area contributed by atoms with Crippen LogP contribution in [-0.4, -0.2) is 71.0 Å². The van der Waals surface area contributed by atoms with Gasteiger partial charge in [0.15, 0.2) is 0 Å². The van der Waals surface area contributed by atoms with Crippen LogP contribution in [0.25, 0.3) is 10.9 Å². The van der Waals surface area contributed by atoms with Crippen molar-refractivity contribution in [1.29, 1.82) is 0 Å². The van der Waals surface area contributed by atoms with Gasteiger partial charge in [0.1, 0.15) is 18.0 Å². The van der Waals surface area contributed by atoms with Crippen molar-refractivity contribution in [1.82, 2.24) is 14.8 Å². The molecule has 5 nitrogen and oxygen atoms in total. The predicted octanol–water partition coefficient (Wildman–Crippen LogP) is 4.95. The van der Waals surface area contributed by atoms with Gasteiger partial charge in [-0.3, -0.25) is 9.80 Å². The summed E-state index contributed by atoms with van der Waals surface area (Å²) >= 11 is 0. The number of nitrogens with zero attached hydrogens (tertiary/aromatic N) is 2. The molecule has 0 unspecified atom stereocenters. The van der Waals surface area contributed by atoms with Crippen LogP contribution in [0.4, 0.5) is 4.39 Å². The second kappa shape index (κ2) is 9.92. The van der Waals surface area contributed by atoms with Crippen molar-refractivity contribution in [3.63, 3.8) is 0 Å². The van der Waals surface area contributed by atoms with Gasteiger partial charge in [0.25, 0.3) is 0 Å². The number of rotatable bonds is 9. The molecule has 1 fully saturated rings. The molecule has 0 spiro atoms. The zero-order chi connectivity index (χ0) is 24.6. The van der Waals surface area contributed by atoms with E-state index in [0.717, 1.165) is 41.4 Å². The van der Waals surface area contributed by atoms with Gasteiger partial charge >= 0.3 is 0 Å². The molecule has 2 N–H and O–H groups in total. The fourth-order valence-electron chi connectivity index (χ4n) is 5.70. The van der Waals surface area contributed by atoms with Gasteiger partial charge in [-0.25, -0.2) is 4.39 Å². The summed E-state index contributed by atoms with van der Waals surface area (Å²) in [6.45, 7) is 9.57. The van der Waals surface area contributed by atoms with Gasteiger partial charge in [-0.2, -0.15) is 0 Å². The maximum absolute atomic E-state index is 15.1. The first-order valence-electron chi connectivity index (χ1n) is 13.0. The van der Waals surface area contributed by atoms with E-state index in [2.05, 4.69) is 59.0 Å². The van der Waals surface area contributed by atoms with Crippen LogP contribution < -0.4 is 4.74 Å². The number of halogens is 1. The molecule has 35 heavy (non-hydrogen) atoms. The lowest BCUT2D eigenvalue weighted by Gasteiger charge is -2.43. The molecule has 2 aliphatic rings. The van der Waals surface area contributed by atoms with Crippen LogP contribution in [0.1, 0.15) is 50.1 Å². The second-order valence-electron chi connectivity index (χ2n) is 10.7. The zero-order valence-corrected chi connectivity index (χ0v) is 21.1. The average Bonchev–Trinajstić information content (AvgIpc) is 3.19. The number of H-pyrrole nitrogens is 1. The van der Waals surface area contributed by atoms with Gasteiger partial charge in [-0.15, -0.1) is 0 Å². The SMILES string of the molecule is CCC1CN(CCOc2ccc([C@@H]3c4[nH]c5ccccc5c4C[C@@H](C)N3C[C@@](C)(F)CO)cc2)C1. The lowest BCUT2D eigenvalue weighted by molar-refractivity contribution is 0.0175. The molecule has 2 aromatic carbocycles. The molecular weight excluding hydrogens is 441 g/mol. The fourth-order valence-corrected chi connectivity index (χ4v) is 5.70. The minimum absolute atomic E-state index is 0.121. The van der Waals surface area contributed by atoms with E-state index in [9.17, 15) is 5.11 Å². The highest BCUT2D eigenvalue weighted by molar-refractivity contribution is 5.85. The first-order chi connectivity index (χ1) is 16.9. The van der Waals surface area contributed by atoms with Gasteiger partial charge in [0.05, 0.1) is 12.6 Å². The lowest BCUT2D eigenvalue weighted by atomic mass is 9.87. The summed E-state index contributed by atoms with van der Waals surface area (Å²) in [6.07, 6.45) is 2.10. The standard InChI is InChI=1S/C29H38FN3O2/c1-4-21-16-32(17-21)13-14-35-23-11-9-22(10-12-23)28-27-25(24-7-5-6-8-26(24)31-27)15-20(2)33(28)18-29(3,30)19-34/h5-12,20-21,28,31,34H,4,13-19H2,1-3H3/t20-,28-,29-/m1/s1. The van der Waals surface area contributed by atoms with E-state index in [-0.39, 0.29) is 18.6 Å². The number of alkyl halides is 1. The fraction of sp³-hybridized carbons (Fsp3) is 0.517. The van der Waals surface area contributed by atoms with E-state index in [4.69, 9.17) is 4.74 Å². The van der Waals surface area contributed by atoms with E-state index in [1.807, 2.05) is 18.2 Å². The van der Waals surface area contributed by atoms with Crippen LogP contribution in [0.3, 0.4) is 0 Å². The topological polar surface area (TPSA) is 51.7 Å². The molecule has 3 aromatic rings.